The van der Waals surface area contributed by atoms with Crippen molar-refractivity contribution in [2.24, 2.45) is 11.7 Å². The number of carbonyl (C=O) groups is 1. The summed E-state index contributed by atoms with van der Waals surface area (Å²) in [7, 11) is 0. The Hall–Kier alpha value is -2.14. The third kappa shape index (κ3) is 3.73. The summed E-state index contributed by atoms with van der Waals surface area (Å²) in [5.41, 5.74) is 11.5. The average molecular weight is 395 g/mol. The van der Waals surface area contributed by atoms with Crippen molar-refractivity contribution in [3.8, 4) is 11.3 Å². The Labute approximate surface area is 174 Å². The van der Waals surface area contributed by atoms with E-state index in [1.54, 1.807) is 0 Å². The maximum absolute atomic E-state index is 13.1. The second-order valence-corrected chi connectivity index (χ2v) is 8.74. The van der Waals surface area contributed by atoms with Gasteiger partial charge in [-0.2, -0.15) is 0 Å². The van der Waals surface area contributed by atoms with Crippen LogP contribution in [-0.2, 0) is 24.2 Å². The van der Waals surface area contributed by atoms with Gasteiger partial charge in [0.15, 0.2) is 0 Å². The summed E-state index contributed by atoms with van der Waals surface area (Å²) in [6.07, 6.45) is 8.87. The van der Waals surface area contributed by atoms with Crippen LogP contribution < -0.4 is 5.73 Å². The predicted molar refractivity (Wildman–Crippen MR) is 116 cm³/mol. The molecule has 0 saturated heterocycles. The number of imidazole rings is 1. The molecule has 2 aliphatic rings. The van der Waals surface area contributed by atoms with E-state index in [9.17, 15) is 4.79 Å². The zero-order valence-electron chi connectivity index (χ0n) is 18.0. The van der Waals surface area contributed by atoms with Gasteiger partial charge in [-0.1, -0.05) is 39.3 Å². The van der Waals surface area contributed by atoms with Gasteiger partial charge in [-0.15, -0.1) is 0 Å². The number of hydrogen-bond acceptors (Lipinski definition) is 3. The molecule has 2 N–H and O–H groups in total. The van der Waals surface area contributed by atoms with Gasteiger partial charge in [0.05, 0.1) is 17.8 Å². The van der Waals surface area contributed by atoms with Crippen LogP contribution in [-0.4, -0.2) is 32.9 Å². The number of aryl methyl sites for hydroxylation is 2. The number of nitrogens with zero attached hydrogens (tertiary/aromatic N) is 3. The lowest BCUT2D eigenvalue weighted by atomic mass is 9.90. The zero-order chi connectivity index (χ0) is 20.5. The van der Waals surface area contributed by atoms with E-state index in [1.807, 2.05) is 4.90 Å². The van der Waals surface area contributed by atoms with Crippen molar-refractivity contribution in [3.05, 3.63) is 41.3 Å². The molecule has 29 heavy (non-hydrogen) atoms. The summed E-state index contributed by atoms with van der Waals surface area (Å²) in [4.78, 5) is 20.1. The largest absolute Gasteiger partial charge is 0.331 e. The SMILES string of the molecule is CC[C@H](C)[C@H](N)C(=O)N1CCn2cc(-c3ccc4c(c3)CCCC4)nc2[C@@H]1CC. The quantitative estimate of drug-likeness (QED) is 0.830. The highest BCUT2D eigenvalue weighted by Gasteiger charge is 2.35. The average Bonchev–Trinajstić information content (AvgIpc) is 3.20. The van der Waals surface area contributed by atoms with E-state index in [0.29, 0.717) is 6.54 Å². The molecule has 0 fully saturated rings. The molecule has 1 aromatic carbocycles. The molecule has 1 aliphatic carbocycles. The van der Waals surface area contributed by atoms with Crippen molar-refractivity contribution in [3.63, 3.8) is 0 Å². The molecule has 2 aromatic rings. The molecule has 1 aliphatic heterocycles. The summed E-state index contributed by atoms with van der Waals surface area (Å²) in [5.74, 6) is 1.25. The minimum atomic E-state index is -0.435. The standard InChI is InChI=1S/C24H34N4O/c1-4-16(3)22(25)24(29)28-13-12-27-15-20(26-23(27)21(28)5-2)19-11-10-17-8-6-7-9-18(17)14-19/h10-11,14-16,21-22H,4-9,12-13,25H2,1-3H3/t16-,21-,22-/m0/s1. The first-order valence-corrected chi connectivity index (χ1v) is 11.3. The van der Waals surface area contributed by atoms with E-state index in [1.165, 1.54) is 42.4 Å². The number of carbonyl (C=O) groups excluding carboxylic acids is 1. The van der Waals surface area contributed by atoms with Gasteiger partial charge >= 0.3 is 0 Å². The van der Waals surface area contributed by atoms with Crippen LogP contribution in [0, 0.1) is 5.92 Å². The lowest BCUT2D eigenvalue weighted by molar-refractivity contribution is -0.137. The first-order valence-electron chi connectivity index (χ1n) is 11.3. The summed E-state index contributed by atoms with van der Waals surface area (Å²) in [5, 5.41) is 0. The van der Waals surface area contributed by atoms with Gasteiger partial charge in [0.1, 0.15) is 5.82 Å². The number of hydrogen-bond donors (Lipinski definition) is 1. The van der Waals surface area contributed by atoms with E-state index in [0.717, 1.165) is 30.9 Å². The van der Waals surface area contributed by atoms with Crippen LogP contribution in [0.5, 0.6) is 0 Å². The third-order valence-electron chi connectivity index (χ3n) is 6.92. The Morgan fingerprint density at radius 2 is 1.97 bits per heavy atom. The summed E-state index contributed by atoms with van der Waals surface area (Å²) < 4.78 is 2.24. The van der Waals surface area contributed by atoms with Crippen molar-refractivity contribution in [1.29, 1.82) is 0 Å². The fourth-order valence-corrected chi connectivity index (χ4v) is 4.77. The van der Waals surface area contributed by atoms with Crippen LogP contribution in [0.4, 0.5) is 0 Å². The molecular formula is C24H34N4O. The first-order chi connectivity index (χ1) is 14.0. The molecule has 1 amide bonds. The van der Waals surface area contributed by atoms with Crippen LogP contribution in [0.15, 0.2) is 24.4 Å². The number of aromatic nitrogens is 2. The number of benzene rings is 1. The monoisotopic (exact) mass is 394 g/mol. The minimum absolute atomic E-state index is 0.00210. The molecular weight excluding hydrogens is 360 g/mol. The normalized spacial score (nSPS) is 20.7. The molecule has 0 radical (unpaired) electrons. The van der Waals surface area contributed by atoms with Gasteiger partial charge in [0, 0.05) is 24.8 Å². The lowest BCUT2D eigenvalue weighted by Crippen LogP contribution is -2.51. The van der Waals surface area contributed by atoms with E-state index in [4.69, 9.17) is 10.7 Å². The topological polar surface area (TPSA) is 64.2 Å². The molecule has 5 nitrogen and oxygen atoms in total. The number of rotatable bonds is 5. The fraction of sp³-hybridized carbons (Fsp3) is 0.583. The van der Waals surface area contributed by atoms with Crippen LogP contribution in [0.25, 0.3) is 11.3 Å². The van der Waals surface area contributed by atoms with Gasteiger partial charge in [0.2, 0.25) is 5.91 Å². The molecule has 0 spiro atoms. The first kappa shape index (κ1) is 20.1. The van der Waals surface area contributed by atoms with Crippen molar-refractivity contribution in [2.45, 2.75) is 77.9 Å². The number of fused-ring (bicyclic) bond motifs is 2. The van der Waals surface area contributed by atoms with Crippen molar-refractivity contribution < 1.29 is 4.79 Å². The summed E-state index contributed by atoms with van der Waals surface area (Å²) in [6, 6.07) is 6.38. The summed E-state index contributed by atoms with van der Waals surface area (Å²) >= 11 is 0. The van der Waals surface area contributed by atoms with Crippen molar-refractivity contribution >= 4 is 5.91 Å². The van der Waals surface area contributed by atoms with Crippen LogP contribution in [0.1, 0.15) is 69.4 Å². The lowest BCUT2D eigenvalue weighted by Gasteiger charge is -2.37. The highest BCUT2D eigenvalue weighted by Crippen LogP contribution is 2.33. The molecule has 0 bridgehead atoms. The Bertz CT molecular complexity index is 887. The van der Waals surface area contributed by atoms with Crippen LogP contribution >= 0.6 is 0 Å². The molecule has 1 aromatic heterocycles. The Kier molecular flexibility index (Phi) is 5.77. The van der Waals surface area contributed by atoms with Crippen LogP contribution in [0.2, 0.25) is 0 Å². The predicted octanol–water partition coefficient (Wildman–Crippen LogP) is 4.10. The Morgan fingerprint density at radius 1 is 1.21 bits per heavy atom. The zero-order valence-corrected chi connectivity index (χ0v) is 18.0. The Balaban J connectivity index is 1.62. The maximum atomic E-state index is 13.1. The number of nitrogens with two attached hydrogens (primary N) is 1. The molecule has 156 valence electrons. The molecule has 0 unspecified atom stereocenters. The molecule has 5 heteroatoms. The summed E-state index contributed by atoms with van der Waals surface area (Å²) in [6.45, 7) is 7.76. The van der Waals surface area contributed by atoms with Crippen LogP contribution in [0.3, 0.4) is 0 Å². The van der Waals surface area contributed by atoms with Gasteiger partial charge in [0.25, 0.3) is 0 Å². The van der Waals surface area contributed by atoms with E-state index < -0.39 is 6.04 Å². The fourth-order valence-electron chi connectivity index (χ4n) is 4.77. The van der Waals surface area contributed by atoms with Crippen molar-refractivity contribution in [1.82, 2.24) is 14.5 Å². The molecule has 4 rings (SSSR count). The molecule has 3 atom stereocenters. The van der Waals surface area contributed by atoms with E-state index in [2.05, 4.69) is 49.7 Å². The second kappa shape index (κ2) is 8.31. The van der Waals surface area contributed by atoms with Gasteiger partial charge < -0.3 is 15.2 Å². The maximum Gasteiger partial charge on any atom is 0.240 e. The second-order valence-electron chi connectivity index (χ2n) is 8.74. The highest BCUT2D eigenvalue weighted by molar-refractivity contribution is 5.82. The Morgan fingerprint density at radius 3 is 2.69 bits per heavy atom. The van der Waals surface area contributed by atoms with Gasteiger partial charge in [-0.25, -0.2) is 4.98 Å². The van der Waals surface area contributed by atoms with Crippen molar-refractivity contribution in [2.75, 3.05) is 6.54 Å². The van der Waals surface area contributed by atoms with Gasteiger partial charge in [-0.05, 0) is 55.2 Å². The number of amides is 1. The smallest absolute Gasteiger partial charge is 0.240 e. The molecule has 0 saturated carbocycles. The van der Waals surface area contributed by atoms with Gasteiger partial charge in [-0.3, -0.25) is 4.79 Å². The van der Waals surface area contributed by atoms with E-state index in [-0.39, 0.29) is 17.9 Å². The third-order valence-corrected chi connectivity index (χ3v) is 6.92. The molecule has 2 heterocycles. The minimum Gasteiger partial charge on any atom is -0.331 e. The highest BCUT2D eigenvalue weighted by atomic mass is 16.2. The van der Waals surface area contributed by atoms with E-state index >= 15 is 0 Å².